The van der Waals surface area contributed by atoms with E-state index in [0.29, 0.717) is 6.54 Å². The van der Waals surface area contributed by atoms with Crippen LogP contribution in [-0.2, 0) is 11.3 Å². The molecule has 0 saturated carbocycles. The molecule has 0 radical (unpaired) electrons. The molecule has 0 spiro atoms. The number of morpholine rings is 1. The SMILES string of the molecule is FC(F)(F)[C@H]1CN(C2CCN(Cc3ccccc3)CC2)CCO1. The molecule has 23 heavy (non-hydrogen) atoms. The fourth-order valence-corrected chi connectivity index (χ4v) is 3.48. The van der Waals surface area contributed by atoms with Crippen molar-refractivity contribution in [3.05, 3.63) is 35.9 Å². The number of alkyl halides is 3. The third-order valence-corrected chi connectivity index (χ3v) is 4.79. The van der Waals surface area contributed by atoms with Gasteiger partial charge in [-0.3, -0.25) is 9.80 Å². The van der Waals surface area contributed by atoms with Gasteiger partial charge in [-0.1, -0.05) is 30.3 Å². The molecule has 0 unspecified atom stereocenters. The Morgan fingerprint density at radius 2 is 1.74 bits per heavy atom. The minimum Gasteiger partial charge on any atom is -0.366 e. The maximum absolute atomic E-state index is 12.8. The zero-order valence-corrected chi connectivity index (χ0v) is 13.1. The van der Waals surface area contributed by atoms with Gasteiger partial charge in [-0.25, -0.2) is 0 Å². The summed E-state index contributed by atoms with van der Waals surface area (Å²) >= 11 is 0. The number of halogens is 3. The first-order chi connectivity index (χ1) is 11.0. The molecule has 3 rings (SSSR count). The Balaban J connectivity index is 1.49. The van der Waals surface area contributed by atoms with E-state index in [1.54, 1.807) is 0 Å². The van der Waals surface area contributed by atoms with Crippen molar-refractivity contribution in [2.75, 3.05) is 32.8 Å². The zero-order valence-electron chi connectivity index (χ0n) is 13.1. The molecule has 0 aliphatic carbocycles. The minimum absolute atomic E-state index is 0.0210. The number of rotatable bonds is 3. The number of piperidine rings is 1. The van der Waals surface area contributed by atoms with Gasteiger partial charge in [0, 0.05) is 25.7 Å². The molecule has 2 heterocycles. The van der Waals surface area contributed by atoms with Gasteiger partial charge in [0.15, 0.2) is 6.10 Å². The van der Waals surface area contributed by atoms with E-state index in [4.69, 9.17) is 4.74 Å². The number of ether oxygens (including phenoxy) is 1. The molecule has 2 aliphatic rings. The van der Waals surface area contributed by atoms with E-state index in [9.17, 15) is 13.2 Å². The van der Waals surface area contributed by atoms with E-state index in [1.165, 1.54) is 5.56 Å². The van der Waals surface area contributed by atoms with Gasteiger partial charge in [0.25, 0.3) is 0 Å². The lowest BCUT2D eigenvalue weighted by Crippen LogP contribution is -2.54. The molecule has 128 valence electrons. The van der Waals surface area contributed by atoms with Crippen molar-refractivity contribution in [1.29, 1.82) is 0 Å². The summed E-state index contributed by atoms with van der Waals surface area (Å²) < 4.78 is 43.4. The molecule has 0 amide bonds. The van der Waals surface area contributed by atoms with Crippen LogP contribution in [0.2, 0.25) is 0 Å². The van der Waals surface area contributed by atoms with Crippen molar-refractivity contribution < 1.29 is 17.9 Å². The molecule has 2 saturated heterocycles. The summed E-state index contributed by atoms with van der Waals surface area (Å²) in [5.74, 6) is 0. The van der Waals surface area contributed by atoms with Crippen LogP contribution in [0, 0.1) is 0 Å². The number of hydrogen-bond acceptors (Lipinski definition) is 3. The molecule has 1 aromatic rings. The van der Waals surface area contributed by atoms with E-state index in [1.807, 2.05) is 23.1 Å². The first kappa shape index (κ1) is 16.7. The van der Waals surface area contributed by atoms with Crippen molar-refractivity contribution in [2.24, 2.45) is 0 Å². The molecule has 2 aliphatic heterocycles. The number of hydrogen-bond donors (Lipinski definition) is 0. The van der Waals surface area contributed by atoms with Gasteiger partial charge < -0.3 is 4.74 Å². The average molecular weight is 328 g/mol. The van der Waals surface area contributed by atoms with Crippen molar-refractivity contribution in [2.45, 2.75) is 37.7 Å². The first-order valence-corrected chi connectivity index (χ1v) is 8.21. The maximum atomic E-state index is 12.8. The van der Waals surface area contributed by atoms with E-state index in [2.05, 4.69) is 17.0 Å². The summed E-state index contributed by atoms with van der Waals surface area (Å²) in [6, 6.07) is 10.5. The van der Waals surface area contributed by atoms with Crippen LogP contribution in [0.5, 0.6) is 0 Å². The Labute approximate surface area is 135 Å². The first-order valence-electron chi connectivity index (χ1n) is 8.21. The lowest BCUT2D eigenvalue weighted by Gasteiger charge is -2.42. The fraction of sp³-hybridized carbons (Fsp3) is 0.647. The largest absolute Gasteiger partial charge is 0.415 e. The lowest BCUT2D eigenvalue weighted by molar-refractivity contribution is -0.240. The van der Waals surface area contributed by atoms with Gasteiger partial charge in [0.05, 0.1) is 6.61 Å². The highest BCUT2D eigenvalue weighted by Gasteiger charge is 2.44. The third-order valence-electron chi connectivity index (χ3n) is 4.79. The highest BCUT2D eigenvalue weighted by atomic mass is 19.4. The van der Waals surface area contributed by atoms with Crippen LogP contribution in [0.15, 0.2) is 30.3 Å². The highest BCUT2D eigenvalue weighted by molar-refractivity contribution is 5.14. The van der Waals surface area contributed by atoms with Gasteiger partial charge in [-0.05, 0) is 31.5 Å². The maximum Gasteiger partial charge on any atom is 0.415 e. The third kappa shape index (κ3) is 4.46. The van der Waals surface area contributed by atoms with Crippen LogP contribution >= 0.6 is 0 Å². The van der Waals surface area contributed by atoms with Crippen LogP contribution < -0.4 is 0 Å². The standard InChI is InChI=1S/C17H23F3N2O/c18-17(19,20)16-13-22(10-11-23-16)15-6-8-21(9-7-15)12-14-4-2-1-3-5-14/h1-5,15-16H,6-13H2/t16-/m1/s1. The van der Waals surface area contributed by atoms with Crippen LogP contribution in [-0.4, -0.2) is 60.9 Å². The molecular formula is C17H23F3N2O. The van der Waals surface area contributed by atoms with E-state index < -0.39 is 12.3 Å². The van der Waals surface area contributed by atoms with Crippen molar-refractivity contribution in [3.63, 3.8) is 0 Å². The fourth-order valence-electron chi connectivity index (χ4n) is 3.48. The minimum atomic E-state index is -4.26. The summed E-state index contributed by atoms with van der Waals surface area (Å²) in [7, 11) is 0. The second-order valence-electron chi connectivity index (χ2n) is 6.39. The molecule has 0 bridgehead atoms. The quantitative estimate of drug-likeness (QED) is 0.848. The van der Waals surface area contributed by atoms with Crippen molar-refractivity contribution in [3.8, 4) is 0 Å². The summed E-state index contributed by atoms with van der Waals surface area (Å²) in [5, 5.41) is 0. The van der Waals surface area contributed by atoms with Gasteiger partial charge in [0.2, 0.25) is 0 Å². The van der Waals surface area contributed by atoms with Crippen LogP contribution in [0.3, 0.4) is 0 Å². The van der Waals surface area contributed by atoms with Gasteiger partial charge in [-0.15, -0.1) is 0 Å². The summed E-state index contributed by atoms with van der Waals surface area (Å²) in [5.41, 5.74) is 1.29. The topological polar surface area (TPSA) is 15.7 Å². The molecular weight excluding hydrogens is 305 g/mol. The van der Waals surface area contributed by atoms with Crippen LogP contribution in [0.4, 0.5) is 13.2 Å². The van der Waals surface area contributed by atoms with Crippen LogP contribution in [0.1, 0.15) is 18.4 Å². The monoisotopic (exact) mass is 328 g/mol. The summed E-state index contributed by atoms with van der Waals surface area (Å²) in [4.78, 5) is 4.36. The Hall–Kier alpha value is -1.11. The molecule has 1 atom stereocenters. The zero-order chi connectivity index (χ0) is 16.3. The Morgan fingerprint density at radius 1 is 1.04 bits per heavy atom. The number of benzene rings is 1. The molecule has 0 N–H and O–H groups in total. The van der Waals surface area contributed by atoms with E-state index in [0.717, 1.165) is 32.5 Å². The Morgan fingerprint density at radius 3 is 2.39 bits per heavy atom. The molecule has 6 heteroatoms. The molecule has 1 aromatic carbocycles. The Kier molecular flexibility index (Phi) is 5.24. The number of nitrogens with zero attached hydrogens (tertiary/aromatic N) is 2. The lowest BCUT2D eigenvalue weighted by atomic mass is 10.0. The second kappa shape index (κ2) is 7.20. The summed E-state index contributed by atoms with van der Waals surface area (Å²) in [6.07, 6.45) is -4.03. The normalized spacial score (nSPS) is 25.6. The molecule has 0 aromatic heterocycles. The predicted octanol–water partition coefficient (Wildman–Crippen LogP) is 2.91. The second-order valence-corrected chi connectivity index (χ2v) is 6.39. The van der Waals surface area contributed by atoms with Crippen LogP contribution in [0.25, 0.3) is 0 Å². The van der Waals surface area contributed by atoms with Gasteiger partial charge >= 0.3 is 6.18 Å². The predicted molar refractivity (Wildman–Crippen MR) is 82.1 cm³/mol. The Bertz CT molecular complexity index is 486. The highest BCUT2D eigenvalue weighted by Crippen LogP contribution is 2.28. The molecule has 3 nitrogen and oxygen atoms in total. The van der Waals surface area contributed by atoms with E-state index in [-0.39, 0.29) is 19.2 Å². The van der Waals surface area contributed by atoms with E-state index >= 15 is 0 Å². The summed E-state index contributed by atoms with van der Waals surface area (Å²) in [6.45, 7) is 3.56. The van der Waals surface area contributed by atoms with Crippen molar-refractivity contribution in [1.82, 2.24) is 9.80 Å². The van der Waals surface area contributed by atoms with Gasteiger partial charge in [-0.2, -0.15) is 13.2 Å². The molecule has 2 fully saturated rings. The van der Waals surface area contributed by atoms with Crippen molar-refractivity contribution >= 4 is 0 Å². The average Bonchev–Trinajstić information content (AvgIpc) is 2.56. The van der Waals surface area contributed by atoms with Gasteiger partial charge in [0.1, 0.15) is 0 Å². The smallest absolute Gasteiger partial charge is 0.366 e. The number of likely N-dealkylation sites (tertiary alicyclic amines) is 1.